The molecule has 0 radical (unpaired) electrons. The summed E-state index contributed by atoms with van der Waals surface area (Å²) >= 11 is 6.11. The summed E-state index contributed by atoms with van der Waals surface area (Å²) in [6.45, 7) is 5.96. The Labute approximate surface area is 187 Å². The molecule has 31 heavy (non-hydrogen) atoms. The van der Waals surface area contributed by atoms with Crippen LogP contribution in [-0.2, 0) is 0 Å². The Bertz CT molecular complexity index is 1020. The number of aromatic nitrogens is 3. The molecular formula is C22H26ClN7O. The van der Waals surface area contributed by atoms with Crippen LogP contribution in [0.3, 0.4) is 0 Å². The summed E-state index contributed by atoms with van der Waals surface area (Å²) in [6, 6.07) is 9.52. The molecule has 8 nitrogen and oxygen atoms in total. The van der Waals surface area contributed by atoms with Crippen LogP contribution in [0, 0.1) is 6.92 Å². The van der Waals surface area contributed by atoms with Gasteiger partial charge in [0.1, 0.15) is 17.4 Å². The molecule has 162 valence electrons. The van der Waals surface area contributed by atoms with Crippen LogP contribution in [0.1, 0.15) is 12.0 Å². The van der Waals surface area contributed by atoms with E-state index in [1.807, 2.05) is 37.4 Å². The zero-order valence-corrected chi connectivity index (χ0v) is 18.4. The minimum Gasteiger partial charge on any atom is -0.495 e. The van der Waals surface area contributed by atoms with Crippen molar-refractivity contribution in [1.29, 1.82) is 0 Å². The van der Waals surface area contributed by atoms with Gasteiger partial charge < -0.3 is 25.6 Å². The van der Waals surface area contributed by atoms with Crippen molar-refractivity contribution >= 4 is 40.6 Å². The van der Waals surface area contributed by atoms with Crippen LogP contribution in [0.2, 0.25) is 5.02 Å². The molecule has 1 aliphatic rings. The van der Waals surface area contributed by atoms with E-state index >= 15 is 0 Å². The molecule has 9 heteroatoms. The maximum absolute atomic E-state index is 6.11. The first-order chi connectivity index (χ1) is 15.1. The number of halogens is 1. The lowest BCUT2D eigenvalue weighted by Gasteiger charge is -2.21. The van der Waals surface area contributed by atoms with E-state index in [0.717, 1.165) is 55.4 Å². The molecule has 4 rings (SSSR count). The van der Waals surface area contributed by atoms with Crippen molar-refractivity contribution in [2.45, 2.75) is 13.3 Å². The van der Waals surface area contributed by atoms with Crippen LogP contribution in [-0.4, -0.2) is 48.2 Å². The van der Waals surface area contributed by atoms with Gasteiger partial charge in [0.15, 0.2) is 0 Å². The highest BCUT2D eigenvalue weighted by atomic mass is 35.5. The minimum atomic E-state index is 0.488. The summed E-state index contributed by atoms with van der Waals surface area (Å²) in [6.07, 6.45) is 4.71. The summed E-state index contributed by atoms with van der Waals surface area (Å²) in [4.78, 5) is 15.9. The highest BCUT2D eigenvalue weighted by Gasteiger charge is 2.11. The number of rotatable bonds is 6. The van der Waals surface area contributed by atoms with Crippen LogP contribution in [0.25, 0.3) is 0 Å². The second-order valence-electron chi connectivity index (χ2n) is 7.32. The number of nitrogens with zero attached hydrogens (tertiary/aromatic N) is 4. The van der Waals surface area contributed by atoms with E-state index in [4.69, 9.17) is 16.3 Å². The number of ether oxygens (including phenoxy) is 1. The van der Waals surface area contributed by atoms with E-state index in [9.17, 15) is 0 Å². The summed E-state index contributed by atoms with van der Waals surface area (Å²) in [5.41, 5.74) is 2.58. The second-order valence-corrected chi connectivity index (χ2v) is 7.73. The normalized spacial score (nSPS) is 14.1. The Kier molecular flexibility index (Phi) is 6.69. The van der Waals surface area contributed by atoms with Crippen molar-refractivity contribution in [2.75, 3.05) is 48.8 Å². The number of benzene rings is 1. The fourth-order valence-electron chi connectivity index (χ4n) is 3.35. The average Bonchev–Trinajstić information content (AvgIpc) is 3.07. The summed E-state index contributed by atoms with van der Waals surface area (Å²) in [5.74, 6) is 2.77. The van der Waals surface area contributed by atoms with Gasteiger partial charge in [0.2, 0.25) is 5.95 Å². The van der Waals surface area contributed by atoms with E-state index in [-0.39, 0.29) is 0 Å². The molecule has 1 aliphatic heterocycles. The van der Waals surface area contributed by atoms with E-state index in [2.05, 4.69) is 35.8 Å². The predicted octanol–water partition coefficient (Wildman–Crippen LogP) is 4.13. The molecule has 0 bridgehead atoms. The van der Waals surface area contributed by atoms with Crippen LogP contribution < -0.4 is 25.6 Å². The van der Waals surface area contributed by atoms with E-state index in [0.29, 0.717) is 22.5 Å². The largest absolute Gasteiger partial charge is 0.495 e. The monoisotopic (exact) mass is 439 g/mol. The zero-order valence-electron chi connectivity index (χ0n) is 17.7. The van der Waals surface area contributed by atoms with Gasteiger partial charge in [-0.25, -0.2) is 9.97 Å². The predicted molar refractivity (Wildman–Crippen MR) is 125 cm³/mol. The van der Waals surface area contributed by atoms with Gasteiger partial charge in [0.25, 0.3) is 0 Å². The van der Waals surface area contributed by atoms with Crippen molar-refractivity contribution < 1.29 is 4.74 Å². The number of hydrogen-bond acceptors (Lipinski definition) is 8. The Balaban J connectivity index is 1.47. The van der Waals surface area contributed by atoms with Crippen molar-refractivity contribution in [3.8, 4) is 5.75 Å². The number of methoxy groups -OCH3 is 1. The first-order valence-corrected chi connectivity index (χ1v) is 10.6. The van der Waals surface area contributed by atoms with Gasteiger partial charge >= 0.3 is 0 Å². The van der Waals surface area contributed by atoms with Gasteiger partial charge in [-0.15, -0.1) is 0 Å². The van der Waals surface area contributed by atoms with Gasteiger partial charge in [-0.3, -0.25) is 0 Å². The topological polar surface area (TPSA) is 87.2 Å². The molecule has 0 atom stereocenters. The van der Waals surface area contributed by atoms with Gasteiger partial charge in [0.05, 0.1) is 24.0 Å². The lowest BCUT2D eigenvalue weighted by Crippen LogP contribution is -2.28. The molecule has 3 heterocycles. The van der Waals surface area contributed by atoms with Crippen LogP contribution >= 0.6 is 11.6 Å². The molecule has 1 fully saturated rings. The number of nitrogens with one attached hydrogen (secondary N) is 3. The standard InChI is InChI=1S/C22H26ClN7O/c1-15-13-26-22(29-21(15)27-16-4-6-18(23)19(12-16)31-2)28-17-5-7-20(25-14-17)30-10-3-8-24-9-11-30/h4-7,12-14,24H,3,8-11H2,1-2H3,(H2,26,27,28,29). The molecule has 2 aromatic heterocycles. The molecule has 0 amide bonds. The van der Waals surface area contributed by atoms with Crippen molar-refractivity contribution in [1.82, 2.24) is 20.3 Å². The molecule has 0 saturated carbocycles. The molecule has 0 unspecified atom stereocenters. The van der Waals surface area contributed by atoms with Crippen LogP contribution in [0.4, 0.5) is 29.0 Å². The van der Waals surface area contributed by atoms with Crippen molar-refractivity contribution in [3.05, 3.63) is 53.3 Å². The molecule has 3 N–H and O–H groups in total. The maximum Gasteiger partial charge on any atom is 0.229 e. The fourth-order valence-corrected chi connectivity index (χ4v) is 3.55. The highest BCUT2D eigenvalue weighted by molar-refractivity contribution is 6.32. The Hall–Kier alpha value is -3.10. The number of pyridine rings is 1. The molecule has 1 aromatic carbocycles. The number of aryl methyl sites for hydroxylation is 1. The van der Waals surface area contributed by atoms with Gasteiger partial charge in [-0.05, 0) is 44.2 Å². The van der Waals surface area contributed by atoms with Crippen LogP contribution in [0.5, 0.6) is 5.75 Å². The molecule has 0 spiro atoms. The Morgan fingerprint density at radius 2 is 1.90 bits per heavy atom. The number of hydrogen-bond donors (Lipinski definition) is 3. The van der Waals surface area contributed by atoms with Gasteiger partial charge in [0, 0.05) is 43.1 Å². The Morgan fingerprint density at radius 3 is 2.71 bits per heavy atom. The first kappa shape index (κ1) is 21.1. The maximum atomic E-state index is 6.11. The lowest BCUT2D eigenvalue weighted by atomic mass is 10.2. The second kappa shape index (κ2) is 9.80. The van der Waals surface area contributed by atoms with E-state index in [1.165, 1.54) is 0 Å². The summed E-state index contributed by atoms with van der Waals surface area (Å²) in [5, 5.41) is 10.5. The fraction of sp³-hybridized carbons (Fsp3) is 0.318. The molecule has 3 aromatic rings. The zero-order chi connectivity index (χ0) is 21.6. The number of anilines is 5. The summed E-state index contributed by atoms with van der Waals surface area (Å²) in [7, 11) is 1.59. The third-order valence-electron chi connectivity index (χ3n) is 5.05. The molecule has 0 aliphatic carbocycles. The van der Waals surface area contributed by atoms with E-state index < -0.39 is 0 Å². The van der Waals surface area contributed by atoms with E-state index in [1.54, 1.807) is 19.4 Å². The third kappa shape index (κ3) is 5.34. The van der Waals surface area contributed by atoms with Gasteiger partial charge in [-0.2, -0.15) is 4.98 Å². The summed E-state index contributed by atoms with van der Waals surface area (Å²) < 4.78 is 5.29. The minimum absolute atomic E-state index is 0.488. The lowest BCUT2D eigenvalue weighted by molar-refractivity contribution is 0.415. The third-order valence-corrected chi connectivity index (χ3v) is 5.37. The Morgan fingerprint density at radius 1 is 1.03 bits per heavy atom. The highest BCUT2D eigenvalue weighted by Crippen LogP contribution is 2.29. The molecule has 1 saturated heterocycles. The van der Waals surface area contributed by atoms with Crippen LogP contribution in [0.15, 0.2) is 42.7 Å². The SMILES string of the molecule is COc1cc(Nc2nc(Nc3ccc(N4CCCNCC4)nc3)ncc2C)ccc1Cl. The van der Waals surface area contributed by atoms with Gasteiger partial charge in [-0.1, -0.05) is 11.6 Å². The smallest absolute Gasteiger partial charge is 0.229 e. The van der Waals surface area contributed by atoms with Crippen molar-refractivity contribution in [3.63, 3.8) is 0 Å². The average molecular weight is 440 g/mol. The molecular weight excluding hydrogens is 414 g/mol. The van der Waals surface area contributed by atoms with Crippen molar-refractivity contribution in [2.24, 2.45) is 0 Å². The quantitative estimate of drug-likeness (QED) is 0.528. The first-order valence-electron chi connectivity index (χ1n) is 10.3.